The molecule has 1 heterocycles. The number of nitrogens with one attached hydrogen (secondary N) is 1. The van der Waals surface area contributed by atoms with Crippen LogP contribution in [0.25, 0.3) is 0 Å². The molecule has 2 aromatic carbocycles. The average molecular weight is 468 g/mol. The average Bonchev–Trinajstić information content (AvgIpc) is 3.33. The van der Waals surface area contributed by atoms with Gasteiger partial charge in [-0.3, -0.25) is 4.79 Å². The predicted octanol–water partition coefficient (Wildman–Crippen LogP) is 4.74. The molecule has 0 saturated carbocycles. The molecule has 180 valence electrons. The Balaban J connectivity index is 1.75. The summed E-state index contributed by atoms with van der Waals surface area (Å²) in [6.07, 6.45) is 1.54. The second-order valence-corrected chi connectivity index (χ2v) is 8.10. The molecule has 0 atom stereocenters. The number of hydrogen-bond donors (Lipinski definition) is 1. The molecule has 1 aromatic heterocycles. The maximum Gasteiger partial charge on any atom is 0.322 e. The van der Waals surface area contributed by atoms with Crippen molar-refractivity contribution in [2.75, 3.05) is 32.1 Å². The standard InChI is InChI=1S/C26H30FN3O4/c1-19-6-11-23(15-20(19)2)28-26(32)29(12-14-33-3)18-25(31)30(17-24-5-4-13-34-24)16-21-7-9-22(27)10-8-21/h4-11,13,15H,12,14,16-18H2,1-3H3,(H,28,32). The monoisotopic (exact) mass is 467 g/mol. The van der Waals surface area contributed by atoms with Crippen molar-refractivity contribution >= 4 is 17.6 Å². The van der Waals surface area contributed by atoms with Gasteiger partial charge in [0.1, 0.15) is 18.1 Å². The molecule has 3 rings (SSSR count). The molecule has 0 fully saturated rings. The molecule has 0 aliphatic heterocycles. The van der Waals surface area contributed by atoms with Gasteiger partial charge in [-0.2, -0.15) is 0 Å². The van der Waals surface area contributed by atoms with Crippen LogP contribution in [0.5, 0.6) is 0 Å². The first-order chi connectivity index (χ1) is 16.4. The first-order valence-corrected chi connectivity index (χ1v) is 11.0. The smallest absolute Gasteiger partial charge is 0.322 e. The number of methoxy groups -OCH3 is 1. The van der Waals surface area contributed by atoms with E-state index in [-0.39, 0.29) is 44.5 Å². The number of hydrogen-bond acceptors (Lipinski definition) is 4. The van der Waals surface area contributed by atoms with Gasteiger partial charge in [0.15, 0.2) is 0 Å². The predicted molar refractivity (Wildman–Crippen MR) is 128 cm³/mol. The van der Waals surface area contributed by atoms with Crippen molar-refractivity contribution in [1.82, 2.24) is 9.80 Å². The van der Waals surface area contributed by atoms with Crippen molar-refractivity contribution in [2.24, 2.45) is 0 Å². The Morgan fingerprint density at radius 1 is 1.00 bits per heavy atom. The van der Waals surface area contributed by atoms with E-state index in [4.69, 9.17) is 9.15 Å². The van der Waals surface area contributed by atoms with Crippen molar-refractivity contribution in [2.45, 2.75) is 26.9 Å². The first kappa shape index (κ1) is 25.0. The molecular weight excluding hydrogens is 437 g/mol. The van der Waals surface area contributed by atoms with Crippen LogP contribution in [0.1, 0.15) is 22.5 Å². The van der Waals surface area contributed by atoms with Crippen LogP contribution in [0.4, 0.5) is 14.9 Å². The van der Waals surface area contributed by atoms with Crippen molar-refractivity contribution < 1.29 is 23.1 Å². The Kier molecular flexibility index (Phi) is 8.81. The zero-order valence-electron chi connectivity index (χ0n) is 19.7. The largest absolute Gasteiger partial charge is 0.467 e. The van der Waals surface area contributed by atoms with Gasteiger partial charge in [-0.05, 0) is 66.9 Å². The fourth-order valence-electron chi connectivity index (χ4n) is 3.37. The van der Waals surface area contributed by atoms with Gasteiger partial charge in [0.25, 0.3) is 0 Å². The third-order valence-electron chi connectivity index (χ3n) is 5.50. The molecule has 0 unspecified atom stereocenters. The summed E-state index contributed by atoms with van der Waals surface area (Å²) in [6.45, 7) is 4.81. The minimum absolute atomic E-state index is 0.151. The number of halogens is 1. The minimum atomic E-state index is -0.395. The van der Waals surface area contributed by atoms with Crippen LogP contribution in [-0.4, -0.2) is 48.5 Å². The summed E-state index contributed by atoms with van der Waals surface area (Å²) in [5.41, 5.74) is 3.60. The molecule has 8 heteroatoms. The first-order valence-electron chi connectivity index (χ1n) is 11.0. The van der Waals surface area contributed by atoms with E-state index in [1.54, 1.807) is 36.3 Å². The molecule has 0 bridgehead atoms. The number of benzene rings is 2. The lowest BCUT2D eigenvalue weighted by Crippen LogP contribution is -2.45. The zero-order valence-corrected chi connectivity index (χ0v) is 19.7. The van der Waals surface area contributed by atoms with E-state index < -0.39 is 6.03 Å². The lowest BCUT2D eigenvalue weighted by molar-refractivity contribution is -0.133. The number of ether oxygens (including phenoxy) is 1. The number of rotatable bonds is 10. The normalized spacial score (nSPS) is 10.7. The van der Waals surface area contributed by atoms with Gasteiger partial charge in [0.05, 0.1) is 19.4 Å². The van der Waals surface area contributed by atoms with Gasteiger partial charge in [-0.25, -0.2) is 9.18 Å². The van der Waals surface area contributed by atoms with E-state index in [1.807, 2.05) is 32.0 Å². The fourth-order valence-corrected chi connectivity index (χ4v) is 3.37. The van der Waals surface area contributed by atoms with E-state index >= 15 is 0 Å². The number of carbonyl (C=O) groups is 2. The van der Waals surface area contributed by atoms with Crippen LogP contribution in [0, 0.1) is 19.7 Å². The van der Waals surface area contributed by atoms with Gasteiger partial charge in [-0.15, -0.1) is 0 Å². The maximum atomic E-state index is 13.3. The van der Waals surface area contributed by atoms with Gasteiger partial charge in [-0.1, -0.05) is 18.2 Å². The van der Waals surface area contributed by atoms with Crippen LogP contribution in [0.2, 0.25) is 0 Å². The summed E-state index contributed by atoms with van der Waals surface area (Å²) in [4.78, 5) is 29.3. The summed E-state index contributed by atoms with van der Waals surface area (Å²) >= 11 is 0. The quantitative estimate of drug-likeness (QED) is 0.467. The number of nitrogens with zero attached hydrogens (tertiary/aromatic N) is 2. The van der Waals surface area contributed by atoms with Gasteiger partial charge < -0.3 is 24.3 Å². The van der Waals surface area contributed by atoms with Gasteiger partial charge in [0.2, 0.25) is 5.91 Å². The summed E-state index contributed by atoms with van der Waals surface area (Å²) in [5, 5.41) is 2.87. The summed E-state index contributed by atoms with van der Waals surface area (Å²) in [5.74, 6) is -0.00744. The molecule has 34 heavy (non-hydrogen) atoms. The third-order valence-corrected chi connectivity index (χ3v) is 5.50. The number of aryl methyl sites for hydroxylation is 2. The molecule has 3 amide bonds. The Hall–Kier alpha value is -3.65. The highest BCUT2D eigenvalue weighted by Gasteiger charge is 2.23. The highest BCUT2D eigenvalue weighted by molar-refractivity contribution is 5.92. The molecule has 0 aliphatic carbocycles. The number of urea groups is 1. The second kappa shape index (κ2) is 12.0. The van der Waals surface area contributed by atoms with E-state index in [0.29, 0.717) is 11.4 Å². The Bertz CT molecular complexity index is 1080. The highest BCUT2D eigenvalue weighted by Crippen LogP contribution is 2.16. The highest BCUT2D eigenvalue weighted by atomic mass is 19.1. The van der Waals surface area contributed by atoms with E-state index in [1.165, 1.54) is 23.3 Å². The van der Waals surface area contributed by atoms with Crippen molar-refractivity contribution in [1.29, 1.82) is 0 Å². The third kappa shape index (κ3) is 7.18. The molecule has 0 spiro atoms. The van der Waals surface area contributed by atoms with E-state index in [2.05, 4.69) is 5.32 Å². The molecule has 0 saturated heterocycles. The van der Waals surface area contributed by atoms with E-state index in [9.17, 15) is 14.0 Å². The summed E-state index contributed by atoms with van der Waals surface area (Å²) in [7, 11) is 1.54. The van der Waals surface area contributed by atoms with Crippen LogP contribution in [0.3, 0.4) is 0 Å². The van der Waals surface area contributed by atoms with Crippen LogP contribution in [0.15, 0.2) is 65.3 Å². The minimum Gasteiger partial charge on any atom is -0.467 e. The Morgan fingerprint density at radius 2 is 1.76 bits per heavy atom. The van der Waals surface area contributed by atoms with Gasteiger partial charge >= 0.3 is 6.03 Å². The molecule has 0 aliphatic rings. The lowest BCUT2D eigenvalue weighted by Gasteiger charge is -2.27. The number of carbonyl (C=O) groups excluding carboxylic acids is 2. The molecule has 1 N–H and O–H groups in total. The summed E-state index contributed by atoms with van der Waals surface area (Å²) in [6, 6.07) is 14.8. The van der Waals surface area contributed by atoms with Crippen molar-refractivity contribution in [3.63, 3.8) is 0 Å². The Morgan fingerprint density at radius 3 is 2.41 bits per heavy atom. The number of furan rings is 1. The van der Waals surface area contributed by atoms with Crippen LogP contribution >= 0.6 is 0 Å². The molecule has 3 aromatic rings. The molecule has 7 nitrogen and oxygen atoms in total. The Labute approximate surface area is 199 Å². The molecular formula is C26H30FN3O4. The summed E-state index contributed by atoms with van der Waals surface area (Å²) < 4.78 is 23.9. The van der Waals surface area contributed by atoms with Crippen molar-refractivity contribution in [3.05, 3.63) is 89.1 Å². The van der Waals surface area contributed by atoms with Gasteiger partial charge in [0, 0.05) is 25.9 Å². The number of anilines is 1. The lowest BCUT2D eigenvalue weighted by atomic mass is 10.1. The van der Waals surface area contributed by atoms with Crippen LogP contribution < -0.4 is 5.32 Å². The fraction of sp³-hybridized carbons (Fsp3) is 0.308. The van der Waals surface area contributed by atoms with E-state index in [0.717, 1.165) is 16.7 Å². The topological polar surface area (TPSA) is 75.0 Å². The molecule has 0 radical (unpaired) electrons. The zero-order chi connectivity index (χ0) is 24.5. The maximum absolute atomic E-state index is 13.3. The SMILES string of the molecule is COCCN(CC(=O)N(Cc1ccc(F)cc1)Cc1ccco1)C(=O)Nc1ccc(C)c(C)c1. The second-order valence-electron chi connectivity index (χ2n) is 8.10. The van der Waals surface area contributed by atoms with Crippen molar-refractivity contribution in [3.8, 4) is 0 Å². The van der Waals surface area contributed by atoms with Crippen LogP contribution in [-0.2, 0) is 22.6 Å². The number of amides is 3.